The molecule has 5 heteroatoms. The van der Waals surface area contributed by atoms with Gasteiger partial charge in [-0.15, -0.1) is 0 Å². The van der Waals surface area contributed by atoms with Gasteiger partial charge >= 0.3 is 6.09 Å². The lowest BCUT2D eigenvalue weighted by Gasteiger charge is -2.30. The van der Waals surface area contributed by atoms with Crippen LogP contribution in [-0.4, -0.2) is 35.6 Å². The van der Waals surface area contributed by atoms with Crippen LogP contribution in [0.2, 0.25) is 0 Å². The normalized spacial score (nSPS) is 14.9. The number of benzene rings is 1. The van der Waals surface area contributed by atoms with Crippen LogP contribution in [0.3, 0.4) is 0 Å². The summed E-state index contributed by atoms with van der Waals surface area (Å²) in [5, 5.41) is 2.99. The molecule has 0 fully saturated rings. The fraction of sp³-hybridized carbons (Fsp3) is 0.524. The predicted molar refractivity (Wildman–Crippen MR) is 105 cm³/mol. The topological polar surface area (TPSA) is 58.6 Å². The molecule has 1 N–H and O–H groups in total. The second-order valence-electron chi connectivity index (χ2n) is 8.03. The van der Waals surface area contributed by atoms with Crippen LogP contribution in [0.1, 0.15) is 52.2 Å². The molecule has 1 aliphatic heterocycles. The minimum Gasteiger partial charge on any atom is -0.444 e. The highest BCUT2D eigenvalue weighted by molar-refractivity contribution is 5.93. The zero-order chi connectivity index (χ0) is 19.5. The fourth-order valence-electron chi connectivity index (χ4n) is 2.80. The van der Waals surface area contributed by atoms with Gasteiger partial charge < -0.3 is 15.0 Å². The van der Waals surface area contributed by atoms with Crippen molar-refractivity contribution in [3.05, 3.63) is 35.4 Å². The summed E-state index contributed by atoms with van der Waals surface area (Å²) in [5.41, 5.74) is 3.73. The Morgan fingerprint density at radius 1 is 1.23 bits per heavy atom. The fourth-order valence-corrected chi connectivity index (χ4v) is 2.80. The van der Waals surface area contributed by atoms with Crippen LogP contribution in [-0.2, 0) is 9.53 Å². The third kappa shape index (κ3) is 5.10. The minimum atomic E-state index is -0.486. The van der Waals surface area contributed by atoms with Crippen molar-refractivity contribution in [3.63, 3.8) is 0 Å². The number of anilines is 1. The molecule has 0 spiro atoms. The molecule has 0 aliphatic carbocycles. The molecular formula is C21H30N2O3. The molecule has 0 atom stereocenters. The van der Waals surface area contributed by atoms with Gasteiger partial charge in [0.1, 0.15) is 5.60 Å². The van der Waals surface area contributed by atoms with E-state index in [9.17, 15) is 9.59 Å². The number of rotatable bonds is 3. The van der Waals surface area contributed by atoms with Gasteiger partial charge in [0, 0.05) is 24.7 Å². The molecule has 2 amide bonds. The van der Waals surface area contributed by atoms with Gasteiger partial charge in [-0.1, -0.05) is 32.1 Å². The molecule has 1 heterocycles. The Kier molecular flexibility index (Phi) is 6.11. The predicted octanol–water partition coefficient (Wildman–Crippen LogP) is 4.61. The summed E-state index contributed by atoms with van der Waals surface area (Å²) < 4.78 is 5.44. The Morgan fingerprint density at radius 2 is 1.92 bits per heavy atom. The SMILES string of the molecule is Cc1c(NC(=O)C(C)C)cccc1C1=CCN(C(=O)OC(C)(C)C)CC1. The molecule has 0 saturated heterocycles. The van der Waals surface area contributed by atoms with Gasteiger partial charge in [-0.25, -0.2) is 4.79 Å². The van der Waals surface area contributed by atoms with Crippen molar-refractivity contribution in [1.29, 1.82) is 0 Å². The van der Waals surface area contributed by atoms with E-state index in [1.54, 1.807) is 4.90 Å². The van der Waals surface area contributed by atoms with Gasteiger partial charge in [-0.05, 0) is 56.9 Å². The molecule has 2 rings (SSSR count). The van der Waals surface area contributed by atoms with E-state index in [4.69, 9.17) is 4.74 Å². The first kappa shape index (κ1) is 20.0. The van der Waals surface area contributed by atoms with E-state index in [1.165, 1.54) is 5.57 Å². The van der Waals surface area contributed by atoms with Crippen LogP contribution in [0.4, 0.5) is 10.5 Å². The summed E-state index contributed by atoms with van der Waals surface area (Å²) in [6.45, 7) is 12.6. The zero-order valence-electron chi connectivity index (χ0n) is 16.7. The van der Waals surface area contributed by atoms with E-state index in [0.717, 1.165) is 23.2 Å². The number of carbonyl (C=O) groups is 2. The Bertz CT molecular complexity index is 714. The molecule has 26 heavy (non-hydrogen) atoms. The minimum absolute atomic E-state index is 0.0129. The third-order valence-electron chi connectivity index (χ3n) is 4.32. The summed E-state index contributed by atoms with van der Waals surface area (Å²) in [5.74, 6) is -0.0479. The van der Waals surface area contributed by atoms with Gasteiger partial charge in [0.05, 0.1) is 0 Å². The summed E-state index contributed by atoms with van der Waals surface area (Å²) in [6.07, 6.45) is 2.56. The van der Waals surface area contributed by atoms with Crippen molar-refractivity contribution in [2.24, 2.45) is 5.92 Å². The molecule has 1 aromatic carbocycles. The largest absolute Gasteiger partial charge is 0.444 e. The number of nitrogens with zero attached hydrogens (tertiary/aromatic N) is 1. The van der Waals surface area contributed by atoms with Crippen molar-refractivity contribution < 1.29 is 14.3 Å². The Morgan fingerprint density at radius 3 is 2.46 bits per heavy atom. The second-order valence-corrected chi connectivity index (χ2v) is 8.03. The molecule has 0 aromatic heterocycles. The number of amides is 2. The monoisotopic (exact) mass is 358 g/mol. The van der Waals surface area contributed by atoms with Crippen LogP contribution in [0, 0.1) is 12.8 Å². The number of hydrogen-bond donors (Lipinski definition) is 1. The number of hydrogen-bond acceptors (Lipinski definition) is 3. The van der Waals surface area contributed by atoms with E-state index >= 15 is 0 Å². The van der Waals surface area contributed by atoms with Crippen molar-refractivity contribution >= 4 is 23.3 Å². The molecule has 0 unspecified atom stereocenters. The third-order valence-corrected chi connectivity index (χ3v) is 4.32. The highest BCUT2D eigenvalue weighted by atomic mass is 16.6. The molecule has 0 radical (unpaired) electrons. The standard InChI is InChI=1S/C21H30N2O3/c1-14(2)19(24)22-18-9-7-8-17(15(18)3)16-10-12-23(13-11-16)20(25)26-21(4,5)6/h7-10,14H,11-13H2,1-6H3,(H,22,24). The lowest BCUT2D eigenvalue weighted by Crippen LogP contribution is -2.39. The average Bonchev–Trinajstić information content (AvgIpc) is 2.55. The Balaban J connectivity index is 2.13. The first-order chi connectivity index (χ1) is 12.1. The summed E-state index contributed by atoms with van der Waals surface area (Å²) in [4.78, 5) is 25.9. The summed E-state index contributed by atoms with van der Waals surface area (Å²) >= 11 is 0. The highest BCUT2D eigenvalue weighted by Gasteiger charge is 2.24. The maximum atomic E-state index is 12.2. The molecule has 1 aromatic rings. The van der Waals surface area contributed by atoms with E-state index in [2.05, 4.69) is 17.5 Å². The quantitative estimate of drug-likeness (QED) is 0.858. The van der Waals surface area contributed by atoms with E-state index in [1.807, 2.05) is 53.7 Å². The maximum Gasteiger partial charge on any atom is 0.410 e. The molecule has 0 bridgehead atoms. The van der Waals surface area contributed by atoms with Gasteiger partial charge in [0.2, 0.25) is 5.91 Å². The number of nitrogens with one attached hydrogen (secondary N) is 1. The first-order valence-corrected chi connectivity index (χ1v) is 9.16. The van der Waals surface area contributed by atoms with Gasteiger partial charge in [0.25, 0.3) is 0 Å². The average molecular weight is 358 g/mol. The Labute approximate surface area is 156 Å². The number of ether oxygens (including phenoxy) is 1. The first-order valence-electron chi connectivity index (χ1n) is 9.16. The van der Waals surface area contributed by atoms with Gasteiger partial charge in [-0.2, -0.15) is 0 Å². The van der Waals surface area contributed by atoms with Gasteiger partial charge in [-0.3, -0.25) is 4.79 Å². The lowest BCUT2D eigenvalue weighted by atomic mass is 9.94. The lowest BCUT2D eigenvalue weighted by molar-refractivity contribution is -0.118. The van der Waals surface area contributed by atoms with Crippen LogP contribution in [0.15, 0.2) is 24.3 Å². The van der Waals surface area contributed by atoms with Crippen molar-refractivity contribution in [2.45, 2.75) is 53.6 Å². The second kappa shape index (κ2) is 7.94. The van der Waals surface area contributed by atoms with Crippen LogP contribution < -0.4 is 5.32 Å². The molecule has 1 aliphatic rings. The van der Waals surface area contributed by atoms with Crippen LogP contribution >= 0.6 is 0 Å². The smallest absolute Gasteiger partial charge is 0.410 e. The number of carbonyl (C=O) groups excluding carboxylic acids is 2. The van der Waals surface area contributed by atoms with Gasteiger partial charge in [0.15, 0.2) is 0 Å². The molecule has 5 nitrogen and oxygen atoms in total. The molecular weight excluding hydrogens is 328 g/mol. The van der Waals surface area contributed by atoms with E-state index in [-0.39, 0.29) is 17.9 Å². The maximum absolute atomic E-state index is 12.2. The highest BCUT2D eigenvalue weighted by Crippen LogP contribution is 2.30. The van der Waals surface area contributed by atoms with E-state index in [0.29, 0.717) is 13.1 Å². The van der Waals surface area contributed by atoms with Crippen molar-refractivity contribution in [3.8, 4) is 0 Å². The summed E-state index contributed by atoms with van der Waals surface area (Å²) in [6, 6.07) is 5.95. The van der Waals surface area contributed by atoms with E-state index < -0.39 is 5.60 Å². The summed E-state index contributed by atoms with van der Waals surface area (Å²) in [7, 11) is 0. The van der Waals surface area contributed by atoms with Crippen molar-refractivity contribution in [1.82, 2.24) is 4.90 Å². The van der Waals surface area contributed by atoms with Crippen LogP contribution in [0.25, 0.3) is 5.57 Å². The zero-order valence-corrected chi connectivity index (χ0v) is 16.7. The molecule has 0 saturated carbocycles. The van der Waals surface area contributed by atoms with Crippen molar-refractivity contribution in [2.75, 3.05) is 18.4 Å². The Hall–Kier alpha value is -2.30. The van der Waals surface area contributed by atoms with Crippen LogP contribution in [0.5, 0.6) is 0 Å². The molecule has 142 valence electrons.